The number of phenolic OH excluding ortho intramolecular Hbond substituents is 3. The van der Waals surface area contributed by atoms with Gasteiger partial charge in [-0.15, -0.1) is 0 Å². The number of anilines is 3. The van der Waals surface area contributed by atoms with E-state index in [4.69, 9.17) is 4.74 Å². The quantitative estimate of drug-likeness (QED) is 0.289. The van der Waals surface area contributed by atoms with Crippen molar-refractivity contribution in [2.45, 2.75) is 34.6 Å². The smallest absolute Gasteiger partial charge is 0.139 e. The van der Waals surface area contributed by atoms with Gasteiger partial charge in [-0.2, -0.15) is 0 Å². The minimum absolute atomic E-state index is 0.124. The molecule has 0 aliphatic heterocycles. The Kier molecular flexibility index (Phi) is 6.12. The van der Waals surface area contributed by atoms with Crippen LogP contribution in [0, 0.1) is 34.6 Å². The van der Waals surface area contributed by atoms with Crippen molar-refractivity contribution in [2.75, 3.05) is 4.90 Å². The molecule has 4 aromatic rings. The van der Waals surface area contributed by atoms with Gasteiger partial charge in [0.2, 0.25) is 0 Å². The van der Waals surface area contributed by atoms with Crippen molar-refractivity contribution >= 4 is 17.1 Å². The van der Waals surface area contributed by atoms with Crippen molar-refractivity contribution in [3.05, 3.63) is 94.5 Å². The van der Waals surface area contributed by atoms with E-state index in [0.717, 1.165) is 33.5 Å². The molecule has 0 aliphatic carbocycles. The van der Waals surface area contributed by atoms with Gasteiger partial charge in [-0.25, -0.2) is 0 Å². The van der Waals surface area contributed by atoms with Gasteiger partial charge in [-0.05, 0) is 111 Å². The van der Waals surface area contributed by atoms with Gasteiger partial charge in [0.1, 0.15) is 28.7 Å². The third kappa shape index (κ3) is 4.37. The van der Waals surface area contributed by atoms with Crippen molar-refractivity contribution in [1.29, 1.82) is 0 Å². The molecule has 4 aromatic carbocycles. The summed E-state index contributed by atoms with van der Waals surface area (Å²) in [5, 5.41) is 31.6. The lowest BCUT2D eigenvalue weighted by atomic mass is 10.0. The SMILES string of the molecule is Cc1cc(O)cc(Oc2ccc(N(c3c(O)ccc(C)c3C)c3c(O)ccc(C)c3C)cc2)c1. The Bertz CT molecular complexity index is 1280. The predicted molar refractivity (Wildman–Crippen MR) is 136 cm³/mol. The van der Waals surface area contributed by atoms with Crippen LogP contribution in [-0.2, 0) is 0 Å². The topological polar surface area (TPSA) is 73.2 Å². The van der Waals surface area contributed by atoms with Crippen LogP contribution in [0.15, 0.2) is 66.7 Å². The Morgan fingerprint density at radius 1 is 0.588 bits per heavy atom. The first-order valence-corrected chi connectivity index (χ1v) is 11.1. The highest BCUT2D eigenvalue weighted by Gasteiger charge is 2.24. The molecule has 0 fully saturated rings. The van der Waals surface area contributed by atoms with Gasteiger partial charge in [0.05, 0.1) is 11.4 Å². The molecule has 5 heteroatoms. The van der Waals surface area contributed by atoms with E-state index in [1.165, 1.54) is 0 Å². The van der Waals surface area contributed by atoms with Gasteiger partial charge in [-0.1, -0.05) is 12.1 Å². The number of nitrogens with zero attached hydrogens (tertiary/aromatic N) is 1. The Morgan fingerprint density at radius 3 is 1.62 bits per heavy atom. The summed E-state index contributed by atoms with van der Waals surface area (Å²) in [5.74, 6) is 1.54. The van der Waals surface area contributed by atoms with Crippen LogP contribution < -0.4 is 9.64 Å². The van der Waals surface area contributed by atoms with Gasteiger partial charge in [0, 0.05) is 11.8 Å². The summed E-state index contributed by atoms with van der Waals surface area (Å²) in [5.41, 5.74) is 6.76. The lowest BCUT2D eigenvalue weighted by molar-refractivity contribution is 0.454. The third-order valence-corrected chi connectivity index (χ3v) is 6.17. The largest absolute Gasteiger partial charge is 0.508 e. The van der Waals surface area contributed by atoms with Crippen LogP contribution in [0.1, 0.15) is 27.8 Å². The number of phenols is 3. The van der Waals surface area contributed by atoms with Gasteiger partial charge >= 0.3 is 0 Å². The fourth-order valence-corrected chi connectivity index (χ4v) is 4.09. The highest BCUT2D eigenvalue weighted by atomic mass is 16.5. The molecule has 0 bridgehead atoms. The molecular formula is C29H29NO4. The molecule has 0 spiro atoms. The predicted octanol–water partition coefficient (Wildman–Crippen LogP) is 7.61. The number of hydrogen-bond donors (Lipinski definition) is 3. The maximum atomic E-state index is 10.9. The summed E-state index contributed by atoms with van der Waals surface area (Å²) in [7, 11) is 0. The average molecular weight is 456 g/mol. The number of aryl methyl sites for hydroxylation is 3. The Balaban J connectivity index is 1.84. The normalized spacial score (nSPS) is 10.9. The van der Waals surface area contributed by atoms with Crippen LogP contribution in [0.3, 0.4) is 0 Å². The standard InChI is InChI=1S/C29H29NO4/c1-17-14-23(31)16-25(15-17)34-24-10-8-22(9-11-24)30(28-20(4)18(2)6-12-26(28)32)29-21(5)19(3)7-13-27(29)33/h6-16,31-33H,1-5H3. The monoisotopic (exact) mass is 455 g/mol. The second-order valence-corrected chi connectivity index (χ2v) is 8.69. The highest BCUT2D eigenvalue weighted by Crippen LogP contribution is 2.48. The summed E-state index contributed by atoms with van der Waals surface area (Å²) in [6.07, 6.45) is 0. The van der Waals surface area contributed by atoms with Crippen molar-refractivity contribution in [3.8, 4) is 28.7 Å². The first-order chi connectivity index (χ1) is 16.2. The number of aromatic hydroxyl groups is 3. The Hall–Kier alpha value is -4.12. The second kappa shape index (κ2) is 9.02. The summed E-state index contributed by atoms with van der Waals surface area (Å²) in [6.45, 7) is 9.80. The second-order valence-electron chi connectivity index (χ2n) is 8.69. The van der Waals surface area contributed by atoms with E-state index in [0.29, 0.717) is 22.9 Å². The van der Waals surface area contributed by atoms with Gasteiger partial charge < -0.3 is 25.0 Å². The third-order valence-electron chi connectivity index (χ3n) is 6.17. The molecule has 0 heterocycles. The van der Waals surface area contributed by atoms with E-state index in [1.54, 1.807) is 24.3 Å². The summed E-state index contributed by atoms with van der Waals surface area (Å²) in [6, 6.07) is 19.6. The molecule has 0 amide bonds. The molecule has 5 nitrogen and oxygen atoms in total. The highest BCUT2D eigenvalue weighted by molar-refractivity contribution is 5.87. The first kappa shape index (κ1) is 23.1. The number of hydrogen-bond acceptors (Lipinski definition) is 5. The number of benzene rings is 4. The average Bonchev–Trinajstić information content (AvgIpc) is 2.78. The van der Waals surface area contributed by atoms with Crippen LogP contribution in [-0.4, -0.2) is 15.3 Å². The fraction of sp³-hybridized carbons (Fsp3) is 0.172. The van der Waals surface area contributed by atoms with E-state index >= 15 is 0 Å². The molecule has 3 N–H and O–H groups in total. The van der Waals surface area contributed by atoms with Crippen LogP contribution in [0.25, 0.3) is 0 Å². The van der Waals surface area contributed by atoms with E-state index in [-0.39, 0.29) is 17.2 Å². The summed E-state index contributed by atoms with van der Waals surface area (Å²) >= 11 is 0. The van der Waals surface area contributed by atoms with Crippen LogP contribution in [0.4, 0.5) is 17.1 Å². The molecule has 34 heavy (non-hydrogen) atoms. The van der Waals surface area contributed by atoms with Crippen LogP contribution in [0.5, 0.6) is 28.7 Å². The zero-order valence-corrected chi connectivity index (χ0v) is 20.0. The van der Waals surface area contributed by atoms with Crippen LogP contribution >= 0.6 is 0 Å². The maximum absolute atomic E-state index is 10.9. The molecule has 0 radical (unpaired) electrons. The Morgan fingerprint density at radius 2 is 1.12 bits per heavy atom. The molecular weight excluding hydrogens is 426 g/mol. The first-order valence-electron chi connectivity index (χ1n) is 11.1. The molecule has 0 unspecified atom stereocenters. The van der Waals surface area contributed by atoms with E-state index in [1.807, 2.05) is 82.0 Å². The van der Waals surface area contributed by atoms with Crippen molar-refractivity contribution in [2.24, 2.45) is 0 Å². The summed E-state index contributed by atoms with van der Waals surface area (Å²) in [4.78, 5) is 1.89. The van der Waals surface area contributed by atoms with E-state index in [9.17, 15) is 15.3 Å². The molecule has 0 atom stereocenters. The van der Waals surface area contributed by atoms with Crippen molar-refractivity contribution in [3.63, 3.8) is 0 Å². The molecule has 0 saturated carbocycles. The molecule has 0 aliphatic rings. The van der Waals surface area contributed by atoms with E-state index < -0.39 is 0 Å². The van der Waals surface area contributed by atoms with Crippen molar-refractivity contribution < 1.29 is 20.1 Å². The minimum Gasteiger partial charge on any atom is -0.508 e. The lowest BCUT2D eigenvalue weighted by Crippen LogP contribution is -2.14. The maximum Gasteiger partial charge on any atom is 0.139 e. The van der Waals surface area contributed by atoms with Crippen molar-refractivity contribution in [1.82, 2.24) is 0 Å². The minimum atomic E-state index is 0.124. The number of rotatable bonds is 5. The van der Waals surface area contributed by atoms with E-state index in [2.05, 4.69) is 0 Å². The zero-order valence-electron chi connectivity index (χ0n) is 20.0. The van der Waals surface area contributed by atoms with Gasteiger partial charge in [0.25, 0.3) is 0 Å². The number of ether oxygens (including phenoxy) is 1. The molecule has 4 rings (SSSR count). The zero-order chi connectivity index (χ0) is 24.6. The molecule has 0 saturated heterocycles. The van der Waals surface area contributed by atoms with Crippen LogP contribution in [0.2, 0.25) is 0 Å². The Labute approximate surface area is 200 Å². The summed E-state index contributed by atoms with van der Waals surface area (Å²) < 4.78 is 5.94. The molecule has 0 aromatic heterocycles. The lowest BCUT2D eigenvalue weighted by Gasteiger charge is -2.30. The molecule has 174 valence electrons. The van der Waals surface area contributed by atoms with Gasteiger partial charge in [0.15, 0.2) is 0 Å². The fourth-order valence-electron chi connectivity index (χ4n) is 4.09. The van der Waals surface area contributed by atoms with Gasteiger partial charge in [-0.3, -0.25) is 0 Å².